The normalized spacial score (nSPS) is 33.2. The zero-order chi connectivity index (χ0) is 22.0. The molecule has 168 valence electrons. The fraction of sp³-hybridized carbons (Fsp3) is 0.895. The van der Waals surface area contributed by atoms with Crippen molar-refractivity contribution in [3.8, 4) is 0 Å². The summed E-state index contributed by atoms with van der Waals surface area (Å²) < 4.78 is 37.7. The molecule has 10 heteroatoms. The van der Waals surface area contributed by atoms with Crippen LogP contribution in [-0.2, 0) is 28.6 Å². The van der Waals surface area contributed by atoms with Gasteiger partial charge in [0, 0.05) is 31.5 Å². The molecule has 9 nitrogen and oxygen atoms in total. The Bertz CT molecular complexity index is 724. The van der Waals surface area contributed by atoms with Crippen LogP contribution in [0.1, 0.15) is 46.5 Å². The number of fused-ring (bicyclic) bond motifs is 2. The number of Topliss-reactive ketones (excluding diaryl/α,β-unsaturated/α-hetero) is 1. The van der Waals surface area contributed by atoms with E-state index >= 15 is 0 Å². The van der Waals surface area contributed by atoms with E-state index in [-0.39, 0.29) is 35.4 Å². The summed E-state index contributed by atoms with van der Waals surface area (Å²) in [4.78, 5) is 24.9. The number of piperidine rings is 1. The zero-order valence-corrected chi connectivity index (χ0v) is 18.8. The van der Waals surface area contributed by atoms with Crippen LogP contribution in [0.3, 0.4) is 0 Å². The van der Waals surface area contributed by atoms with Crippen LogP contribution < -0.4 is 5.73 Å². The molecule has 1 amide bonds. The van der Waals surface area contributed by atoms with Crippen molar-refractivity contribution in [2.45, 2.75) is 64.2 Å². The van der Waals surface area contributed by atoms with Crippen LogP contribution in [-0.4, -0.2) is 76.0 Å². The van der Waals surface area contributed by atoms with Gasteiger partial charge in [0.2, 0.25) is 0 Å². The van der Waals surface area contributed by atoms with Crippen molar-refractivity contribution >= 4 is 22.0 Å². The van der Waals surface area contributed by atoms with E-state index in [0.717, 1.165) is 19.1 Å². The number of hydrogen-bond donors (Lipinski definition) is 1. The molecule has 2 bridgehead atoms. The maximum atomic E-state index is 11.9. The van der Waals surface area contributed by atoms with E-state index in [0.29, 0.717) is 32.5 Å². The predicted molar refractivity (Wildman–Crippen MR) is 107 cm³/mol. The van der Waals surface area contributed by atoms with Gasteiger partial charge in [-0.3, -0.25) is 8.98 Å². The molecule has 0 radical (unpaired) electrons. The minimum absolute atomic E-state index is 0.0191. The lowest BCUT2D eigenvalue weighted by Gasteiger charge is -2.35. The molecule has 4 atom stereocenters. The van der Waals surface area contributed by atoms with Crippen molar-refractivity contribution in [1.29, 1.82) is 0 Å². The summed E-state index contributed by atoms with van der Waals surface area (Å²) >= 11 is 0. The van der Waals surface area contributed by atoms with Gasteiger partial charge >= 0.3 is 6.09 Å². The number of likely N-dealkylation sites (tertiary alicyclic amines) is 1. The molecule has 3 aliphatic rings. The van der Waals surface area contributed by atoms with Crippen LogP contribution in [0.25, 0.3) is 0 Å². The van der Waals surface area contributed by atoms with Crippen LogP contribution in [0.15, 0.2) is 0 Å². The van der Waals surface area contributed by atoms with Crippen LogP contribution in [0, 0.1) is 11.3 Å². The Morgan fingerprint density at radius 3 is 2.41 bits per heavy atom. The van der Waals surface area contributed by atoms with E-state index < -0.39 is 15.7 Å². The van der Waals surface area contributed by atoms with Gasteiger partial charge in [-0.25, -0.2) is 4.79 Å². The summed E-state index contributed by atoms with van der Waals surface area (Å²) in [6.07, 6.45) is 3.30. The third kappa shape index (κ3) is 4.92. The van der Waals surface area contributed by atoms with Crippen LogP contribution in [0.5, 0.6) is 0 Å². The number of nitrogens with zero attached hydrogens (tertiary/aromatic N) is 1. The Morgan fingerprint density at radius 1 is 1.31 bits per heavy atom. The number of ketones is 1. The van der Waals surface area contributed by atoms with Crippen molar-refractivity contribution in [3.05, 3.63) is 0 Å². The van der Waals surface area contributed by atoms with E-state index in [9.17, 15) is 18.0 Å². The lowest BCUT2D eigenvalue weighted by molar-refractivity contribution is -0.136. The van der Waals surface area contributed by atoms with Gasteiger partial charge in [-0.2, -0.15) is 8.42 Å². The molecule has 2 N–H and O–H groups in total. The molecule has 0 aromatic rings. The highest BCUT2D eigenvalue weighted by Crippen LogP contribution is 2.60. The van der Waals surface area contributed by atoms with E-state index in [1.54, 1.807) is 18.9 Å². The minimum atomic E-state index is -3.58. The summed E-state index contributed by atoms with van der Waals surface area (Å²) in [6, 6.07) is 0.0191. The van der Waals surface area contributed by atoms with E-state index in [1.165, 1.54) is 0 Å². The van der Waals surface area contributed by atoms with Gasteiger partial charge < -0.3 is 20.1 Å². The molecule has 29 heavy (non-hydrogen) atoms. The third-order valence-electron chi connectivity index (χ3n) is 6.52. The number of nitrogens with two attached hydrogens (primary N) is 1. The molecule has 1 saturated heterocycles. The van der Waals surface area contributed by atoms with Gasteiger partial charge in [0.15, 0.2) is 11.4 Å². The number of carbonyl (C=O) groups is 2. The number of ether oxygens (including phenoxy) is 2. The SMILES string of the molecule is CC1(C)C2CC[C@]1(OS(C)(=O)=O)C(=O)C2.CCOC(=O)N1CC[C@@H](N)[C@@H](OC)C1. The monoisotopic (exact) mass is 434 g/mol. The largest absolute Gasteiger partial charge is 0.450 e. The number of rotatable bonds is 4. The standard InChI is InChI=1S/C10H16O4S.C9H18N2O3/c1-9(2)7-4-5-10(9,8(11)6-7)14-15(3,12)13;1-3-14-9(12)11-5-4-7(10)8(6-11)13-2/h7H,4-6H2,1-3H3;7-8H,3-6,10H2,1-2H3/t7?,10-;7-,8+/m01/s1. The molecule has 1 unspecified atom stereocenters. The summed E-state index contributed by atoms with van der Waals surface area (Å²) in [6.45, 7) is 7.23. The average molecular weight is 435 g/mol. The molecule has 3 rings (SSSR count). The minimum Gasteiger partial charge on any atom is -0.450 e. The second-order valence-corrected chi connectivity index (χ2v) is 10.1. The molecule has 1 aliphatic heterocycles. The first-order chi connectivity index (χ1) is 13.4. The Labute approximate surface area is 173 Å². The molecule has 0 aromatic carbocycles. The molecular formula is C19H34N2O7S. The quantitative estimate of drug-likeness (QED) is 0.656. The van der Waals surface area contributed by atoms with Crippen molar-refractivity contribution in [1.82, 2.24) is 4.90 Å². The van der Waals surface area contributed by atoms with E-state index in [4.69, 9.17) is 19.4 Å². The fourth-order valence-corrected chi connectivity index (χ4v) is 5.56. The van der Waals surface area contributed by atoms with Gasteiger partial charge in [-0.1, -0.05) is 13.8 Å². The van der Waals surface area contributed by atoms with E-state index in [2.05, 4.69) is 0 Å². The van der Waals surface area contributed by atoms with E-state index in [1.807, 2.05) is 13.8 Å². The average Bonchev–Trinajstić information content (AvgIpc) is 2.95. The summed E-state index contributed by atoms with van der Waals surface area (Å²) in [5.74, 6) is 0.223. The van der Waals surface area contributed by atoms with Gasteiger partial charge in [0.1, 0.15) is 0 Å². The maximum Gasteiger partial charge on any atom is 0.409 e. The topological polar surface area (TPSA) is 125 Å². The van der Waals surface area contributed by atoms with Crippen molar-refractivity contribution in [3.63, 3.8) is 0 Å². The highest BCUT2D eigenvalue weighted by molar-refractivity contribution is 7.86. The Balaban J connectivity index is 0.000000208. The second kappa shape index (κ2) is 8.87. The van der Waals surface area contributed by atoms with Gasteiger partial charge in [0.25, 0.3) is 10.1 Å². The highest BCUT2D eigenvalue weighted by Gasteiger charge is 2.66. The number of hydrogen-bond acceptors (Lipinski definition) is 8. The lowest BCUT2D eigenvalue weighted by Crippen LogP contribution is -2.53. The molecule has 0 aromatic heterocycles. The Morgan fingerprint density at radius 2 is 1.97 bits per heavy atom. The Hall–Kier alpha value is -1.23. The summed E-state index contributed by atoms with van der Waals surface area (Å²) in [7, 11) is -1.97. The first-order valence-electron chi connectivity index (χ1n) is 10.0. The molecule has 2 saturated carbocycles. The third-order valence-corrected chi connectivity index (χ3v) is 7.11. The van der Waals surface area contributed by atoms with Gasteiger partial charge in [0.05, 0.1) is 25.5 Å². The number of methoxy groups -OCH3 is 1. The lowest BCUT2D eigenvalue weighted by atomic mass is 9.79. The smallest absolute Gasteiger partial charge is 0.409 e. The predicted octanol–water partition coefficient (Wildman–Crippen LogP) is 1.30. The molecule has 1 heterocycles. The molecule has 0 spiro atoms. The van der Waals surface area contributed by atoms with Gasteiger partial charge in [-0.05, 0) is 32.1 Å². The molecular weight excluding hydrogens is 400 g/mol. The van der Waals surface area contributed by atoms with Crippen LogP contribution in [0.4, 0.5) is 4.79 Å². The zero-order valence-electron chi connectivity index (χ0n) is 18.0. The molecule has 3 fully saturated rings. The highest BCUT2D eigenvalue weighted by atomic mass is 32.2. The van der Waals surface area contributed by atoms with Crippen molar-refractivity contribution in [2.24, 2.45) is 17.1 Å². The Kier molecular flexibility index (Phi) is 7.35. The number of carbonyl (C=O) groups excluding carboxylic acids is 2. The summed E-state index contributed by atoms with van der Waals surface area (Å²) in [5.41, 5.74) is 4.39. The first kappa shape index (κ1) is 24.0. The van der Waals surface area contributed by atoms with Crippen LogP contribution >= 0.6 is 0 Å². The second-order valence-electron chi connectivity index (χ2n) is 8.57. The van der Waals surface area contributed by atoms with Crippen LogP contribution in [0.2, 0.25) is 0 Å². The maximum absolute atomic E-state index is 11.9. The first-order valence-corrected chi connectivity index (χ1v) is 11.8. The number of amides is 1. The van der Waals surface area contributed by atoms with Crippen molar-refractivity contribution in [2.75, 3.05) is 33.1 Å². The van der Waals surface area contributed by atoms with Gasteiger partial charge in [-0.15, -0.1) is 0 Å². The molecule has 2 aliphatic carbocycles. The van der Waals surface area contributed by atoms with Crippen molar-refractivity contribution < 1.29 is 31.7 Å². The summed E-state index contributed by atoms with van der Waals surface area (Å²) in [5, 5.41) is 0. The fourth-order valence-electron chi connectivity index (χ4n) is 4.65.